The average molecular weight is 560 g/mol. The Balaban J connectivity index is 1.37. The number of halogens is 1. The molecule has 1 unspecified atom stereocenters. The van der Waals surface area contributed by atoms with Gasteiger partial charge in [-0.3, -0.25) is 14.6 Å². The first-order valence-electron chi connectivity index (χ1n) is 14.1. The molecule has 2 heterocycles. The molecule has 1 atom stereocenters. The Labute approximate surface area is 241 Å². The van der Waals surface area contributed by atoms with Gasteiger partial charge in [-0.05, 0) is 82.5 Å². The number of nitrogens with zero attached hydrogens (tertiary/aromatic N) is 4. The van der Waals surface area contributed by atoms with Crippen LogP contribution in [0.25, 0.3) is 0 Å². The number of nitriles is 1. The van der Waals surface area contributed by atoms with Crippen molar-refractivity contribution in [2.24, 2.45) is 4.99 Å². The van der Waals surface area contributed by atoms with Crippen LogP contribution in [0.1, 0.15) is 51.2 Å². The predicted molar refractivity (Wildman–Crippen MR) is 158 cm³/mol. The molecular formula is C32H38FN5O3. The summed E-state index contributed by atoms with van der Waals surface area (Å²) in [6.07, 6.45) is 2.57. The standard InChI is InChI=1S/C32H38FN5O3/c1-21(11-14-35-32(40)31-22(2)30(39)19-36-23(31)3)37-15-12-27(13-16-37)38(26-6-8-28(41-4)9-7-26)20-25-17-24(18-34)5-10-29(25)33/h5-10,17,21,27H,11-16,19-20H2,1-4H3,(H,35,40). The summed E-state index contributed by atoms with van der Waals surface area (Å²) in [5.74, 6) is 0.0819. The summed E-state index contributed by atoms with van der Waals surface area (Å²) >= 11 is 0. The number of hydrogen-bond acceptors (Lipinski definition) is 7. The van der Waals surface area contributed by atoms with Gasteiger partial charge in [0.15, 0.2) is 5.78 Å². The number of piperidine rings is 1. The Morgan fingerprint density at radius 3 is 2.59 bits per heavy atom. The number of benzene rings is 2. The highest BCUT2D eigenvalue weighted by molar-refractivity contribution is 6.27. The fourth-order valence-corrected chi connectivity index (χ4v) is 5.59. The van der Waals surface area contributed by atoms with E-state index in [2.05, 4.69) is 33.1 Å². The van der Waals surface area contributed by atoms with Gasteiger partial charge in [-0.2, -0.15) is 5.26 Å². The maximum atomic E-state index is 14.8. The minimum absolute atomic E-state index is 0.110. The molecule has 0 bridgehead atoms. The molecule has 4 rings (SSSR count). The molecule has 8 nitrogen and oxygen atoms in total. The first-order valence-corrected chi connectivity index (χ1v) is 14.1. The van der Waals surface area contributed by atoms with Crippen molar-refractivity contribution in [3.05, 3.63) is 70.6 Å². The van der Waals surface area contributed by atoms with Gasteiger partial charge in [0.25, 0.3) is 5.91 Å². The number of dihydropyridines is 1. The van der Waals surface area contributed by atoms with E-state index in [1.165, 1.54) is 12.1 Å². The minimum Gasteiger partial charge on any atom is -0.497 e. The second kappa shape index (κ2) is 13.6. The van der Waals surface area contributed by atoms with Crippen molar-refractivity contribution in [3.8, 4) is 11.8 Å². The molecule has 216 valence electrons. The fourth-order valence-electron chi connectivity index (χ4n) is 5.59. The van der Waals surface area contributed by atoms with Gasteiger partial charge >= 0.3 is 0 Å². The van der Waals surface area contributed by atoms with E-state index in [4.69, 9.17) is 4.74 Å². The van der Waals surface area contributed by atoms with E-state index in [0.29, 0.717) is 41.1 Å². The van der Waals surface area contributed by atoms with Gasteiger partial charge in [-0.25, -0.2) is 4.39 Å². The van der Waals surface area contributed by atoms with E-state index in [1.807, 2.05) is 24.3 Å². The maximum absolute atomic E-state index is 14.8. The summed E-state index contributed by atoms with van der Waals surface area (Å²) in [5, 5.41) is 12.3. The molecule has 1 N–H and O–H groups in total. The van der Waals surface area contributed by atoms with Crippen LogP contribution in [-0.2, 0) is 16.1 Å². The number of amides is 1. The van der Waals surface area contributed by atoms with Gasteiger partial charge in [0.1, 0.15) is 18.1 Å². The van der Waals surface area contributed by atoms with Crippen LogP contribution in [0.2, 0.25) is 0 Å². The lowest BCUT2D eigenvalue weighted by atomic mass is 9.98. The van der Waals surface area contributed by atoms with Crippen LogP contribution < -0.4 is 15.0 Å². The SMILES string of the molecule is COc1ccc(N(Cc2cc(C#N)ccc2F)C2CCN(C(C)CCNC(=O)C3=C(C)C(=O)CN=C3C)CC2)cc1. The number of Topliss-reactive ketones (excluding diaryl/α,β-unsaturated/α-hetero) is 1. The lowest BCUT2D eigenvalue weighted by Crippen LogP contribution is -2.48. The van der Waals surface area contributed by atoms with Crippen LogP contribution in [0.15, 0.2) is 58.6 Å². The molecule has 1 saturated heterocycles. The summed E-state index contributed by atoms with van der Waals surface area (Å²) in [5.41, 5.74) is 3.39. The van der Waals surface area contributed by atoms with E-state index < -0.39 is 0 Å². The average Bonchev–Trinajstić information content (AvgIpc) is 2.99. The summed E-state index contributed by atoms with van der Waals surface area (Å²) in [4.78, 5) is 33.6. The summed E-state index contributed by atoms with van der Waals surface area (Å²) in [7, 11) is 1.63. The van der Waals surface area contributed by atoms with Crippen molar-refractivity contribution in [2.75, 3.05) is 38.2 Å². The first kappa shape index (κ1) is 29.9. The number of likely N-dealkylation sites (tertiary alicyclic amines) is 1. The van der Waals surface area contributed by atoms with Gasteiger partial charge in [-0.1, -0.05) is 0 Å². The molecule has 41 heavy (non-hydrogen) atoms. The van der Waals surface area contributed by atoms with Crippen molar-refractivity contribution in [2.45, 2.75) is 58.7 Å². The summed E-state index contributed by atoms with van der Waals surface area (Å²) in [6, 6.07) is 14.9. The van der Waals surface area contributed by atoms with Gasteiger partial charge in [0.2, 0.25) is 0 Å². The number of aliphatic imine (C=N–C) groups is 1. The van der Waals surface area contributed by atoms with Crippen molar-refractivity contribution in [1.29, 1.82) is 5.26 Å². The lowest BCUT2D eigenvalue weighted by molar-refractivity contribution is -0.118. The number of ether oxygens (including phenoxy) is 1. The van der Waals surface area contributed by atoms with E-state index in [-0.39, 0.29) is 36.1 Å². The van der Waals surface area contributed by atoms with Gasteiger partial charge in [-0.15, -0.1) is 0 Å². The Hall–Kier alpha value is -4.03. The van der Waals surface area contributed by atoms with Crippen molar-refractivity contribution >= 4 is 23.1 Å². The largest absolute Gasteiger partial charge is 0.497 e. The highest BCUT2D eigenvalue weighted by Crippen LogP contribution is 2.29. The van der Waals surface area contributed by atoms with E-state index in [0.717, 1.165) is 43.8 Å². The maximum Gasteiger partial charge on any atom is 0.253 e. The van der Waals surface area contributed by atoms with Gasteiger partial charge in [0.05, 0.1) is 24.3 Å². The second-order valence-corrected chi connectivity index (χ2v) is 10.7. The highest BCUT2D eigenvalue weighted by atomic mass is 19.1. The normalized spacial score (nSPS) is 17.1. The monoisotopic (exact) mass is 559 g/mol. The molecular weight excluding hydrogens is 521 g/mol. The highest BCUT2D eigenvalue weighted by Gasteiger charge is 2.28. The third-order valence-electron chi connectivity index (χ3n) is 8.17. The third kappa shape index (κ3) is 7.19. The molecule has 1 amide bonds. The number of ketones is 1. The van der Waals surface area contributed by atoms with E-state index in [9.17, 15) is 19.2 Å². The van der Waals surface area contributed by atoms with E-state index >= 15 is 0 Å². The molecule has 0 saturated carbocycles. The van der Waals surface area contributed by atoms with Crippen LogP contribution >= 0.6 is 0 Å². The number of hydrogen-bond donors (Lipinski definition) is 1. The van der Waals surface area contributed by atoms with Crippen LogP contribution in [0.4, 0.5) is 10.1 Å². The number of carbonyl (C=O) groups excluding carboxylic acids is 2. The predicted octanol–water partition coefficient (Wildman–Crippen LogP) is 4.43. The molecule has 9 heteroatoms. The molecule has 0 aliphatic carbocycles. The van der Waals surface area contributed by atoms with Gasteiger partial charge in [0, 0.05) is 60.8 Å². The Morgan fingerprint density at radius 2 is 1.93 bits per heavy atom. The Bertz CT molecular complexity index is 1370. The minimum atomic E-state index is -0.319. The number of nitrogens with one attached hydrogen (secondary N) is 1. The zero-order valence-corrected chi connectivity index (χ0v) is 24.2. The molecule has 2 aromatic rings. The van der Waals surface area contributed by atoms with Crippen molar-refractivity contribution in [3.63, 3.8) is 0 Å². The Morgan fingerprint density at radius 1 is 1.22 bits per heavy atom. The van der Waals surface area contributed by atoms with E-state index in [1.54, 1.807) is 27.0 Å². The van der Waals surface area contributed by atoms with Crippen LogP contribution in [0.5, 0.6) is 5.75 Å². The number of methoxy groups -OCH3 is 1. The molecule has 2 aromatic carbocycles. The van der Waals surface area contributed by atoms with Crippen LogP contribution in [0, 0.1) is 17.1 Å². The fraction of sp³-hybridized carbons (Fsp3) is 0.438. The van der Waals surface area contributed by atoms with Crippen LogP contribution in [-0.4, -0.2) is 67.7 Å². The van der Waals surface area contributed by atoms with Crippen molar-refractivity contribution in [1.82, 2.24) is 10.2 Å². The topological polar surface area (TPSA) is 98.0 Å². The lowest BCUT2D eigenvalue weighted by Gasteiger charge is -2.42. The second-order valence-electron chi connectivity index (χ2n) is 10.7. The molecule has 0 radical (unpaired) electrons. The molecule has 0 spiro atoms. The third-order valence-corrected chi connectivity index (χ3v) is 8.17. The molecule has 1 fully saturated rings. The summed E-state index contributed by atoms with van der Waals surface area (Å²) < 4.78 is 20.1. The quantitative estimate of drug-likeness (QED) is 0.463. The molecule has 2 aliphatic heterocycles. The zero-order valence-electron chi connectivity index (χ0n) is 24.2. The summed E-state index contributed by atoms with van der Waals surface area (Å²) in [6.45, 7) is 8.34. The molecule has 0 aromatic heterocycles. The zero-order chi connectivity index (χ0) is 29.5. The Kier molecular flexibility index (Phi) is 9.90. The smallest absolute Gasteiger partial charge is 0.253 e. The first-order chi connectivity index (χ1) is 19.7. The van der Waals surface area contributed by atoms with Gasteiger partial charge < -0.3 is 19.9 Å². The number of rotatable bonds is 10. The number of carbonyl (C=O) groups is 2. The van der Waals surface area contributed by atoms with Crippen LogP contribution in [0.3, 0.4) is 0 Å². The molecule has 2 aliphatic rings. The number of anilines is 1. The van der Waals surface area contributed by atoms with Crippen molar-refractivity contribution < 1.29 is 18.7 Å².